The van der Waals surface area contributed by atoms with Gasteiger partial charge in [0.25, 0.3) is 0 Å². The maximum Gasteiger partial charge on any atom is 0.416 e. The Morgan fingerprint density at radius 1 is 1.16 bits per heavy atom. The van der Waals surface area contributed by atoms with E-state index in [0.29, 0.717) is 18.1 Å². The minimum Gasteiger partial charge on any atom is -0.356 e. The van der Waals surface area contributed by atoms with Crippen molar-refractivity contribution >= 4 is 35.8 Å². The van der Waals surface area contributed by atoms with Crippen LogP contribution >= 0.6 is 24.0 Å². The lowest BCUT2D eigenvalue weighted by Crippen LogP contribution is -2.43. The Labute approximate surface area is 163 Å². The highest BCUT2D eigenvalue weighted by Crippen LogP contribution is 2.29. The molecule has 0 aliphatic heterocycles. The molecule has 2 N–H and O–H groups in total. The smallest absolute Gasteiger partial charge is 0.356 e. The fourth-order valence-corrected chi connectivity index (χ4v) is 1.70. The van der Waals surface area contributed by atoms with Crippen molar-refractivity contribution in [1.29, 1.82) is 0 Å². The summed E-state index contributed by atoms with van der Waals surface area (Å²) in [6, 6.07) is 4.86. The number of guanidine groups is 1. The standard InChI is InChI=1S/C16H23F3N4O.HI/c1-4-9-20-15(22-11-14(24)23(2)3)21-10-12-5-7-13(8-6-12)16(17,18)19;/h5-8H,4,9-11H2,1-3H3,(H2,20,21,22);1H. The highest BCUT2D eigenvalue weighted by atomic mass is 127. The average molecular weight is 472 g/mol. The molecule has 0 radical (unpaired) electrons. The van der Waals surface area contributed by atoms with Crippen molar-refractivity contribution in [2.45, 2.75) is 26.1 Å². The van der Waals surface area contributed by atoms with E-state index < -0.39 is 11.7 Å². The first-order valence-electron chi connectivity index (χ1n) is 7.62. The number of aliphatic imine (C=N–C) groups is 1. The van der Waals surface area contributed by atoms with E-state index in [-0.39, 0.29) is 43.0 Å². The number of nitrogens with zero attached hydrogens (tertiary/aromatic N) is 2. The van der Waals surface area contributed by atoms with Gasteiger partial charge in [-0.25, -0.2) is 4.99 Å². The van der Waals surface area contributed by atoms with Gasteiger partial charge in [-0.3, -0.25) is 4.79 Å². The molecular weight excluding hydrogens is 448 g/mol. The Kier molecular flexibility index (Phi) is 10.5. The summed E-state index contributed by atoms with van der Waals surface area (Å²) in [5, 5.41) is 5.97. The van der Waals surface area contributed by atoms with E-state index in [1.807, 2.05) is 6.92 Å². The van der Waals surface area contributed by atoms with Gasteiger partial charge in [0.05, 0.1) is 18.7 Å². The minimum absolute atomic E-state index is 0. The molecule has 1 rings (SSSR count). The number of carbonyl (C=O) groups excluding carboxylic acids is 1. The van der Waals surface area contributed by atoms with Crippen LogP contribution in [-0.4, -0.2) is 44.0 Å². The molecule has 0 aromatic heterocycles. The lowest BCUT2D eigenvalue weighted by molar-refractivity contribution is -0.137. The quantitative estimate of drug-likeness (QED) is 0.381. The van der Waals surface area contributed by atoms with Gasteiger partial charge in [0.15, 0.2) is 5.96 Å². The molecule has 142 valence electrons. The van der Waals surface area contributed by atoms with Gasteiger partial charge in [0.1, 0.15) is 0 Å². The van der Waals surface area contributed by atoms with Gasteiger partial charge in [-0.05, 0) is 24.1 Å². The maximum atomic E-state index is 12.5. The molecule has 5 nitrogen and oxygen atoms in total. The van der Waals surface area contributed by atoms with Crippen molar-refractivity contribution in [1.82, 2.24) is 15.5 Å². The summed E-state index contributed by atoms with van der Waals surface area (Å²) in [5.41, 5.74) is -0.0335. The number of hydrogen-bond acceptors (Lipinski definition) is 2. The molecule has 0 saturated heterocycles. The average Bonchev–Trinajstić information content (AvgIpc) is 2.53. The summed E-state index contributed by atoms with van der Waals surface area (Å²) in [6.07, 6.45) is -3.47. The second-order valence-electron chi connectivity index (χ2n) is 5.43. The molecule has 0 bridgehead atoms. The number of benzene rings is 1. The van der Waals surface area contributed by atoms with Gasteiger partial charge in [-0.2, -0.15) is 13.2 Å². The fraction of sp³-hybridized carbons (Fsp3) is 0.500. The summed E-state index contributed by atoms with van der Waals surface area (Å²) < 4.78 is 37.6. The van der Waals surface area contributed by atoms with Crippen LogP contribution in [0, 0.1) is 0 Å². The Bertz CT molecular complexity index is 559. The number of hydrogen-bond donors (Lipinski definition) is 2. The summed E-state index contributed by atoms with van der Waals surface area (Å²) >= 11 is 0. The van der Waals surface area contributed by atoms with Gasteiger partial charge in [0, 0.05) is 20.6 Å². The number of amides is 1. The van der Waals surface area contributed by atoms with Gasteiger partial charge in [-0.15, -0.1) is 24.0 Å². The summed E-state index contributed by atoms with van der Waals surface area (Å²) in [7, 11) is 3.31. The number of alkyl halides is 3. The Morgan fingerprint density at radius 3 is 2.24 bits per heavy atom. The van der Waals surface area contributed by atoms with E-state index in [4.69, 9.17) is 0 Å². The predicted octanol–water partition coefficient (Wildman–Crippen LogP) is 2.86. The lowest BCUT2D eigenvalue weighted by Gasteiger charge is -2.14. The molecular formula is C16H24F3IN4O. The van der Waals surface area contributed by atoms with Gasteiger partial charge in [0.2, 0.25) is 5.91 Å². The molecule has 0 saturated carbocycles. The number of likely N-dealkylation sites (N-methyl/N-ethyl adjacent to an activating group) is 1. The molecule has 0 unspecified atom stereocenters. The topological polar surface area (TPSA) is 56.7 Å². The Hall–Kier alpha value is -1.52. The predicted molar refractivity (Wildman–Crippen MR) is 103 cm³/mol. The SMILES string of the molecule is CCCNC(=NCc1ccc(C(F)(F)F)cc1)NCC(=O)N(C)C.I. The van der Waals surface area contributed by atoms with E-state index in [1.165, 1.54) is 17.0 Å². The Morgan fingerprint density at radius 2 is 1.76 bits per heavy atom. The molecule has 1 amide bonds. The van der Waals surface area contributed by atoms with Crippen LogP contribution in [0.4, 0.5) is 13.2 Å². The van der Waals surface area contributed by atoms with Gasteiger partial charge < -0.3 is 15.5 Å². The third kappa shape index (κ3) is 8.94. The van der Waals surface area contributed by atoms with Crippen molar-refractivity contribution in [3.05, 3.63) is 35.4 Å². The zero-order chi connectivity index (χ0) is 18.2. The largest absolute Gasteiger partial charge is 0.416 e. The minimum atomic E-state index is -4.34. The van der Waals surface area contributed by atoms with E-state index in [0.717, 1.165) is 18.6 Å². The molecule has 0 spiro atoms. The normalized spacial score (nSPS) is 11.5. The van der Waals surface area contributed by atoms with Gasteiger partial charge >= 0.3 is 6.18 Å². The van der Waals surface area contributed by atoms with Crippen LogP contribution in [0.2, 0.25) is 0 Å². The first-order chi connectivity index (χ1) is 11.2. The second kappa shape index (κ2) is 11.2. The molecule has 0 heterocycles. The van der Waals surface area contributed by atoms with E-state index in [1.54, 1.807) is 14.1 Å². The highest BCUT2D eigenvalue weighted by molar-refractivity contribution is 14.0. The van der Waals surface area contributed by atoms with Crippen molar-refractivity contribution in [2.24, 2.45) is 4.99 Å². The van der Waals surface area contributed by atoms with E-state index >= 15 is 0 Å². The summed E-state index contributed by atoms with van der Waals surface area (Å²) in [5.74, 6) is 0.350. The number of rotatable bonds is 6. The Balaban J connectivity index is 0.00000576. The zero-order valence-electron chi connectivity index (χ0n) is 14.5. The van der Waals surface area contributed by atoms with Crippen LogP contribution in [0.15, 0.2) is 29.3 Å². The van der Waals surface area contributed by atoms with E-state index in [9.17, 15) is 18.0 Å². The van der Waals surface area contributed by atoms with Crippen LogP contribution in [0.25, 0.3) is 0 Å². The zero-order valence-corrected chi connectivity index (χ0v) is 16.8. The van der Waals surface area contributed by atoms with Gasteiger partial charge in [-0.1, -0.05) is 19.1 Å². The maximum absolute atomic E-state index is 12.5. The van der Waals surface area contributed by atoms with Crippen molar-refractivity contribution in [3.8, 4) is 0 Å². The molecule has 9 heteroatoms. The second-order valence-corrected chi connectivity index (χ2v) is 5.43. The third-order valence-corrected chi connectivity index (χ3v) is 3.15. The molecule has 0 atom stereocenters. The number of nitrogens with one attached hydrogen (secondary N) is 2. The first-order valence-corrected chi connectivity index (χ1v) is 7.62. The molecule has 0 aliphatic carbocycles. The van der Waals surface area contributed by atoms with E-state index in [2.05, 4.69) is 15.6 Å². The molecule has 0 aliphatic rings. The van der Waals surface area contributed by atoms with Crippen LogP contribution in [0.3, 0.4) is 0 Å². The van der Waals surface area contributed by atoms with Crippen LogP contribution in [0.1, 0.15) is 24.5 Å². The van der Waals surface area contributed by atoms with Crippen molar-refractivity contribution < 1.29 is 18.0 Å². The molecule has 1 aromatic carbocycles. The molecule has 25 heavy (non-hydrogen) atoms. The van der Waals surface area contributed by atoms with Crippen LogP contribution in [-0.2, 0) is 17.5 Å². The first kappa shape index (κ1) is 23.5. The monoisotopic (exact) mass is 472 g/mol. The molecule has 1 aromatic rings. The fourth-order valence-electron chi connectivity index (χ4n) is 1.70. The highest BCUT2D eigenvalue weighted by Gasteiger charge is 2.29. The number of carbonyl (C=O) groups is 1. The number of halogens is 4. The van der Waals surface area contributed by atoms with Crippen molar-refractivity contribution in [2.75, 3.05) is 27.2 Å². The summed E-state index contributed by atoms with van der Waals surface area (Å²) in [4.78, 5) is 17.4. The van der Waals surface area contributed by atoms with Crippen LogP contribution in [0.5, 0.6) is 0 Å². The molecule has 0 fully saturated rings. The third-order valence-electron chi connectivity index (χ3n) is 3.15. The van der Waals surface area contributed by atoms with Crippen LogP contribution < -0.4 is 10.6 Å². The summed E-state index contributed by atoms with van der Waals surface area (Å²) in [6.45, 7) is 2.98. The lowest BCUT2D eigenvalue weighted by atomic mass is 10.1. The van der Waals surface area contributed by atoms with Crippen molar-refractivity contribution in [3.63, 3.8) is 0 Å².